The fourth-order valence-electron chi connectivity index (χ4n) is 4.20. The van der Waals surface area contributed by atoms with Gasteiger partial charge < -0.3 is 24.8 Å². The normalized spacial score (nSPS) is 12.8. The standard InChI is InChI=1S/C23H29.2ClH.Hf/c1-14-9-16-11-17-10-15(2)21(23(6,7)8)13-19(17)18(16)12-20(14)22(3,4)5;;;/h9,12-13H,11H2,1-8H3;2*1H;/q;;;+2/p-2. The van der Waals surface area contributed by atoms with Crippen LogP contribution >= 0.6 is 0 Å². The summed E-state index contributed by atoms with van der Waals surface area (Å²) in [4.78, 5) is 0. The molecule has 3 heteroatoms. The zero-order chi connectivity index (χ0) is 18.0. The quantitative estimate of drug-likeness (QED) is 0.334. The summed E-state index contributed by atoms with van der Waals surface area (Å²) in [5.74, 6) is 0. The molecule has 0 atom stereocenters. The van der Waals surface area contributed by atoms with Crippen molar-refractivity contribution in [3.63, 3.8) is 0 Å². The Kier molecular flexibility index (Phi) is 7.11. The van der Waals surface area contributed by atoms with Crippen LogP contribution in [0.2, 0.25) is 0 Å². The van der Waals surface area contributed by atoms with Crippen LogP contribution in [0, 0.1) is 13.8 Å². The average molecular weight is 555 g/mol. The third-order valence-electron chi connectivity index (χ3n) is 5.42. The van der Waals surface area contributed by atoms with E-state index in [1.807, 2.05) is 0 Å². The van der Waals surface area contributed by atoms with E-state index in [0.29, 0.717) is 0 Å². The Hall–Kier alpha value is -0.110. The van der Waals surface area contributed by atoms with Crippen molar-refractivity contribution in [2.75, 3.05) is 0 Å². The molecule has 0 aliphatic heterocycles. The van der Waals surface area contributed by atoms with Gasteiger partial charge in [-0.1, -0.05) is 0 Å². The Labute approximate surface area is 186 Å². The number of hydrogen-bond donors (Lipinski definition) is 0. The third-order valence-corrected chi connectivity index (χ3v) is 7.85. The summed E-state index contributed by atoms with van der Waals surface area (Å²) in [6, 6.07) is 7.43. The van der Waals surface area contributed by atoms with Crippen molar-refractivity contribution in [3.05, 3.63) is 51.6 Å². The SMILES string of the molecule is Cc1cc2c(cc1C(C)(C)C)-c1cc(C(C)(C)C)c(C)[c]([Hf+2])c1C2.[Cl-].[Cl-]. The number of rotatable bonds is 0. The second-order valence-corrected chi connectivity index (χ2v) is 11.2. The summed E-state index contributed by atoms with van der Waals surface area (Å²) in [5.41, 5.74) is 12.5. The maximum atomic E-state index is 2.50. The zero-order valence-electron chi connectivity index (χ0n) is 17.2. The molecule has 0 spiro atoms. The van der Waals surface area contributed by atoms with E-state index in [0.717, 1.165) is 30.8 Å². The van der Waals surface area contributed by atoms with Crippen LogP contribution in [0.25, 0.3) is 11.1 Å². The van der Waals surface area contributed by atoms with E-state index in [1.165, 1.54) is 38.9 Å². The van der Waals surface area contributed by atoms with Crippen LogP contribution in [0.4, 0.5) is 0 Å². The molecule has 0 nitrogen and oxygen atoms in total. The van der Waals surface area contributed by atoms with Crippen LogP contribution in [0.5, 0.6) is 0 Å². The van der Waals surface area contributed by atoms with Gasteiger partial charge in [0, 0.05) is 0 Å². The van der Waals surface area contributed by atoms with Crippen LogP contribution in [0.1, 0.15) is 74.9 Å². The van der Waals surface area contributed by atoms with Gasteiger partial charge in [0.2, 0.25) is 0 Å². The van der Waals surface area contributed by atoms with Gasteiger partial charge in [-0.15, -0.1) is 0 Å². The molecule has 0 aromatic heterocycles. The van der Waals surface area contributed by atoms with Gasteiger partial charge in [-0.25, -0.2) is 0 Å². The number of aryl methyl sites for hydroxylation is 1. The molecule has 0 heterocycles. The molecule has 0 saturated heterocycles. The van der Waals surface area contributed by atoms with Gasteiger partial charge in [-0.2, -0.15) is 0 Å². The van der Waals surface area contributed by atoms with Crippen LogP contribution in [-0.2, 0) is 41.6 Å². The second kappa shape index (κ2) is 7.72. The molecule has 3 rings (SSSR count). The van der Waals surface area contributed by atoms with Crippen LogP contribution < -0.4 is 28.1 Å². The first-order valence-corrected chi connectivity index (χ1v) is 10.7. The Morgan fingerprint density at radius 3 is 1.77 bits per heavy atom. The van der Waals surface area contributed by atoms with E-state index < -0.39 is 0 Å². The molecule has 0 fully saturated rings. The van der Waals surface area contributed by atoms with Crippen molar-refractivity contribution >= 4 is 3.32 Å². The largest absolute Gasteiger partial charge is 1.00 e. The minimum Gasteiger partial charge on any atom is -1.00 e. The Morgan fingerprint density at radius 2 is 1.27 bits per heavy atom. The monoisotopic (exact) mass is 555 g/mol. The van der Waals surface area contributed by atoms with Gasteiger partial charge in [0.15, 0.2) is 0 Å². The molecular formula is C23H29Cl2Hf. The molecule has 1 aliphatic rings. The molecule has 0 amide bonds. The van der Waals surface area contributed by atoms with Crippen LogP contribution in [0.3, 0.4) is 0 Å². The van der Waals surface area contributed by atoms with Gasteiger partial charge in [-0.3, -0.25) is 0 Å². The molecule has 0 unspecified atom stereocenters. The maximum absolute atomic E-state index is 2.50. The summed E-state index contributed by atoms with van der Waals surface area (Å²) < 4.78 is 1.63. The smallest absolute Gasteiger partial charge is 1.00 e. The van der Waals surface area contributed by atoms with E-state index in [1.54, 1.807) is 8.88 Å². The first-order chi connectivity index (χ1) is 10.9. The van der Waals surface area contributed by atoms with E-state index in [4.69, 9.17) is 0 Å². The van der Waals surface area contributed by atoms with Crippen molar-refractivity contribution in [1.29, 1.82) is 0 Å². The molecular weight excluding hydrogens is 526 g/mol. The summed E-state index contributed by atoms with van der Waals surface area (Å²) in [7, 11) is 0. The van der Waals surface area contributed by atoms with E-state index in [9.17, 15) is 0 Å². The number of halogens is 2. The molecule has 2 aromatic carbocycles. The van der Waals surface area contributed by atoms with Gasteiger partial charge in [0.25, 0.3) is 0 Å². The first kappa shape index (κ1) is 23.9. The minimum absolute atomic E-state index is 0. The Morgan fingerprint density at radius 1 is 0.769 bits per heavy atom. The number of fused-ring (bicyclic) bond motifs is 3. The minimum atomic E-state index is 0. The number of hydrogen-bond acceptors (Lipinski definition) is 0. The fraction of sp³-hybridized carbons (Fsp3) is 0.478. The van der Waals surface area contributed by atoms with Crippen molar-refractivity contribution < 1.29 is 49.2 Å². The van der Waals surface area contributed by atoms with Crippen molar-refractivity contribution in [2.45, 2.75) is 72.6 Å². The zero-order valence-corrected chi connectivity index (χ0v) is 22.3. The Bertz CT molecular complexity index is 837. The van der Waals surface area contributed by atoms with Gasteiger partial charge in [-0.05, 0) is 0 Å². The molecule has 0 radical (unpaired) electrons. The Balaban J connectivity index is 0.00000169. The third kappa shape index (κ3) is 4.01. The van der Waals surface area contributed by atoms with Gasteiger partial charge in [0.05, 0.1) is 0 Å². The second-order valence-electron chi connectivity index (χ2n) is 9.45. The number of benzene rings is 2. The molecule has 0 bridgehead atoms. The van der Waals surface area contributed by atoms with Crippen LogP contribution in [0.15, 0.2) is 18.2 Å². The van der Waals surface area contributed by atoms with Gasteiger partial charge >= 0.3 is 163 Å². The van der Waals surface area contributed by atoms with E-state index in [2.05, 4.69) is 73.6 Å². The average Bonchev–Trinajstić information content (AvgIpc) is 2.77. The first-order valence-electron chi connectivity index (χ1n) is 8.94. The molecule has 26 heavy (non-hydrogen) atoms. The maximum Gasteiger partial charge on any atom is -1.00 e. The summed E-state index contributed by atoms with van der Waals surface area (Å²) >= 11 is 1.13. The fourth-order valence-corrected chi connectivity index (χ4v) is 5.49. The molecule has 139 valence electrons. The van der Waals surface area contributed by atoms with Crippen LogP contribution in [-0.4, -0.2) is 0 Å². The molecule has 2 aromatic rings. The van der Waals surface area contributed by atoms with Crippen molar-refractivity contribution in [3.8, 4) is 11.1 Å². The van der Waals surface area contributed by atoms with E-state index >= 15 is 0 Å². The van der Waals surface area contributed by atoms with Crippen molar-refractivity contribution in [1.82, 2.24) is 0 Å². The van der Waals surface area contributed by atoms with Gasteiger partial charge in [0.1, 0.15) is 0 Å². The van der Waals surface area contributed by atoms with E-state index in [-0.39, 0.29) is 35.6 Å². The molecule has 0 N–H and O–H groups in total. The summed E-state index contributed by atoms with van der Waals surface area (Å²) in [5, 5.41) is 0. The van der Waals surface area contributed by atoms with Crippen molar-refractivity contribution in [2.24, 2.45) is 0 Å². The predicted octanol–water partition coefficient (Wildman–Crippen LogP) is -0.350. The molecule has 0 saturated carbocycles. The topological polar surface area (TPSA) is 0 Å². The summed E-state index contributed by atoms with van der Waals surface area (Å²) in [6.07, 6.45) is 1.13. The summed E-state index contributed by atoms with van der Waals surface area (Å²) in [6.45, 7) is 18.6. The predicted molar refractivity (Wildman–Crippen MR) is 101 cm³/mol. The molecule has 1 aliphatic carbocycles.